The lowest BCUT2D eigenvalue weighted by molar-refractivity contribution is 0.0990. The lowest BCUT2D eigenvalue weighted by Crippen LogP contribution is -2.14. The maximum atomic E-state index is 12.7. The Hall–Kier alpha value is -3.48. The van der Waals surface area contributed by atoms with E-state index < -0.39 is 5.91 Å². The number of rotatable bonds is 5. The second-order valence-corrected chi connectivity index (χ2v) is 7.52. The Morgan fingerprint density at radius 3 is 2.39 bits per heavy atom. The Labute approximate surface area is 187 Å². The largest absolute Gasteiger partial charge is 0.459 e. The first kappa shape index (κ1) is 20.8. The first-order valence-electron chi connectivity index (χ1n) is 9.23. The highest BCUT2D eigenvalue weighted by molar-refractivity contribution is 6.42. The molecule has 0 bridgehead atoms. The van der Waals surface area contributed by atoms with Gasteiger partial charge in [0.05, 0.1) is 16.3 Å². The van der Waals surface area contributed by atoms with Gasteiger partial charge in [0, 0.05) is 16.9 Å². The van der Waals surface area contributed by atoms with Crippen molar-refractivity contribution in [3.8, 4) is 11.3 Å². The fourth-order valence-corrected chi connectivity index (χ4v) is 3.18. The molecule has 2 amide bonds. The molecule has 2 N–H and O–H groups in total. The van der Waals surface area contributed by atoms with Crippen molar-refractivity contribution in [1.29, 1.82) is 0 Å². The Kier molecular flexibility index (Phi) is 5.84. The van der Waals surface area contributed by atoms with E-state index in [2.05, 4.69) is 10.6 Å². The molecule has 0 saturated heterocycles. The summed E-state index contributed by atoms with van der Waals surface area (Å²) >= 11 is 12.0. The van der Waals surface area contributed by atoms with Gasteiger partial charge in [0.25, 0.3) is 11.8 Å². The highest BCUT2D eigenvalue weighted by Crippen LogP contribution is 2.30. The van der Waals surface area contributed by atoms with Crippen molar-refractivity contribution in [3.05, 3.63) is 94.1 Å². The zero-order valence-electron chi connectivity index (χ0n) is 16.2. The number of hydrogen-bond donors (Lipinski definition) is 2. The zero-order chi connectivity index (χ0) is 22.0. The second-order valence-electron chi connectivity index (χ2n) is 6.71. The van der Waals surface area contributed by atoms with Gasteiger partial charge in [-0.2, -0.15) is 0 Å². The van der Waals surface area contributed by atoms with Crippen LogP contribution in [0, 0.1) is 6.92 Å². The van der Waals surface area contributed by atoms with Crippen LogP contribution in [0.2, 0.25) is 10.0 Å². The molecule has 156 valence electrons. The minimum absolute atomic E-state index is 0.130. The van der Waals surface area contributed by atoms with Crippen LogP contribution in [0.4, 0.5) is 11.4 Å². The molecular formula is C23H16Cl2N2O4. The summed E-state index contributed by atoms with van der Waals surface area (Å²) in [6.45, 7) is 1.84. The molecule has 2 heterocycles. The van der Waals surface area contributed by atoms with Crippen molar-refractivity contribution in [3.63, 3.8) is 0 Å². The molecule has 0 aliphatic rings. The quantitative estimate of drug-likeness (QED) is 0.353. The van der Waals surface area contributed by atoms with E-state index >= 15 is 0 Å². The third kappa shape index (κ3) is 4.66. The zero-order valence-corrected chi connectivity index (χ0v) is 17.8. The third-order valence-electron chi connectivity index (χ3n) is 4.52. The van der Waals surface area contributed by atoms with Gasteiger partial charge < -0.3 is 19.5 Å². The molecule has 2 aromatic heterocycles. The van der Waals surface area contributed by atoms with Gasteiger partial charge in [0.1, 0.15) is 5.76 Å². The summed E-state index contributed by atoms with van der Waals surface area (Å²) in [5.74, 6) is -0.00525. The van der Waals surface area contributed by atoms with Crippen LogP contribution < -0.4 is 10.6 Å². The van der Waals surface area contributed by atoms with Gasteiger partial charge in [-0.25, -0.2) is 0 Å². The Morgan fingerprint density at radius 2 is 1.65 bits per heavy atom. The van der Waals surface area contributed by atoms with Crippen LogP contribution in [0.3, 0.4) is 0 Å². The topological polar surface area (TPSA) is 84.5 Å². The number of benzene rings is 2. The molecule has 0 unspecified atom stereocenters. The van der Waals surface area contributed by atoms with Crippen LogP contribution in [0.15, 0.2) is 75.8 Å². The number of halogens is 2. The van der Waals surface area contributed by atoms with Crippen LogP contribution in [0.25, 0.3) is 11.3 Å². The fraction of sp³-hybridized carbons (Fsp3) is 0.0435. The van der Waals surface area contributed by atoms with Gasteiger partial charge >= 0.3 is 0 Å². The summed E-state index contributed by atoms with van der Waals surface area (Å²) < 4.78 is 10.8. The number of amides is 2. The number of carbonyl (C=O) groups is 2. The van der Waals surface area contributed by atoms with E-state index in [0.29, 0.717) is 32.7 Å². The van der Waals surface area contributed by atoms with E-state index in [-0.39, 0.29) is 17.4 Å². The second kappa shape index (κ2) is 8.71. The molecule has 6 nitrogen and oxygen atoms in total. The van der Waals surface area contributed by atoms with Crippen LogP contribution in [0.5, 0.6) is 0 Å². The third-order valence-corrected chi connectivity index (χ3v) is 5.26. The number of nitrogens with one attached hydrogen (secondary N) is 2. The number of aryl methyl sites for hydroxylation is 1. The van der Waals surface area contributed by atoms with Gasteiger partial charge in [0.2, 0.25) is 0 Å². The smallest absolute Gasteiger partial charge is 0.291 e. The number of hydrogen-bond acceptors (Lipinski definition) is 4. The van der Waals surface area contributed by atoms with Crippen molar-refractivity contribution < 1.29 is 18.4 Å². The van der Waals surface area contributed by atoms with E-state index in [1.165, 1.54) is 6.26 Å². The van der Waals surface area contributed by atoms with E-state index in [4.69, 9.17) is 32.0 Å². The lowest BCUT2D eigenvalue weighted by atomic mass is 10.1. The molecule has 4 aromatic rings. The summed E-state index contributed by atoms with van der Waals surface area (Å²) in [7, 11) is 0. The fourth-order valence-electron chi connectivity index (χ4n) is 2.88. The molecule has 0 spiro atoms. The normalized spacial score (nSPS) is 10.7. The first-order chi connectivity index (χ1) is 14.9. The predicted octanol–water partition coefficient (Wildman–Crippen LogP) is 6.66. The summed E-state index contributed by atoms with van der Waals surface area (Å²) in [4.78, 5) is 24.9. The molecule has 31 heavy (non-hydrogen) atoms. The molecule has 0 saturated carbocycles. The average molecular weight is 455 g/mol. The minimum Gasteiger partial charge on any atom is -0.459 e. The van der Waals surface area contributed by atoms with E-state index in [9.17, 15) is 9.59 Å². The molecule has 4 rings (SSSR count). The van der Waals surface area contributed by atoms with Gasteiger partial charge in [0.15, 0.2) is 11.5 Å². The molecule has 0 aliphatic carbocycles. The minimum atomic E-state index is -0.427. The van der Waals surface area contributed by atoms with Crippen LogP contribution in [0.1, 0.15) is 26.7 Å². The van der Waals surface area contributed by atoms with Crippen molar-refractivity contribution in [2.24, 2.45) is 0 Å². The van der Waals surface area contributed by atoms with Crippen molar-refractivity contribution in [2.75, 3.05) is 10.6 Å². The van der Waals surface area contributed by atoms with Gasteiger partial charge in [-0.05, 0) is 67.1 Å². The number of carbonyl (C=O) groups excluding carboxylic acids is 2. The summed E-state index contributed by atoms with van der Waals surface area (Å²) in [6.07, 6.45) is 1.42. The maximum absolute atomic E-state index is 12.7. The van der Waals surface area contributed by atoms with Gasteiger partial charge in [-0.3, -0.25) is 9.59 Å². The van der Waals surface area contributed by atoms with Crippen molar-refractivity contribution >= 4 is 46.4 Å². The summed E-state index contributed by atoms with van der Waals surface area (Å²) in [6, 6.07) is 16.7. The van der Waals surface area contributed by atoms with E-state index in [1.807, 2.05) is 6.92 Å². The molecular weight excluding hydrogens is 439 g/mol. The number of furan rings is 2. The molecule has 0 atom stereocenters. The molecule has 8 heteroatoms. The monoisotopic (exact) mass is 454 g/mol. The van der Waals surface area contributed by atoms with Gasteiger partial charge in [-0.15, -0.1) is 0 Å². The molecule has 0 fully saturated rings. The maximum Gasteiger partial charge on any atom is 0.291 e. The standard InChI is InChI=1S/C23H16Cl2N2O4/c1-13-4-6-15(26-22(28)20-3-2-10-30-20)12-18(13)27-23(29)21-9-8-19(31-21)14-5-7-16(24)17(25)11-14/h2-12H,1H3,(H,26,28)(H,27,29). The summed E-state index contributed by atoms with van der Waals surface area (Å²) in [5, 5.41) is 6.36. The van der Waals surface area contributed by atoms with Crippen LogP contribution >= 0.6 is 23.2 Å². The average Bonchev–Trinajstić information content (AvgIpc) is 3.45. The Balaban J connectivity index is 1.50. The van der Waals surface area contributed by atoms with Crippen LogP contribution in [-0.2, 0) is 0 Å². The Bertz CT molecular complexity index is 1260. The highest BCUT2D eigenvalue weighted by atomic mass is 35.5. The lowest BCUT2D eigenvalue weighted by Gasteiger charge is -2.10. The summed E-state index contributed by atoms with van der Waals surface area (Å²) in [5.41, 5.74) is 2.57. The Morgan fingerprint density at radius 1 is 0.839 bits per heavy atom. The van der Waals surface area contributed by atoms with E-state index in [1.54, 1.807) is 60.7 Å². The first-order valence-corrected chi connectivity index (χ1v) is 9.98. The SMILES string of the molecule is Cc1ccc(NC(=O)c2ccco2)cc1NC(=O)c1ccc(-c2ccc(Cl)c(Cl)c2)o1. The molecule has 2 aromatic carbocycles. The molecule has 0 aliphatic heterocycles. The van der Waals surface area contributed by atoms with Crippen molar-refractivity contribution in [2.45, 2.75) is 6.92 Å². The van der Waals surface area contributed by atoms with Crippen LogP contribution in [-0.4, -0.2) is 11.8 Å². The van der Waals surface area contributed by atoms with Crippen molar-refractivity contribution in [1.82, 2.24) is 0 Å². The highest BCUT2D eigenvalue weighted by Gasteiger charge is 2.15. The predicted molar refractivity (Wildman–Crippen MR) is 120 cm³/mol. The van der Waals surface area contributed by atoms with E-state index in [0.717, 1.165) is 5.56 Å². The van der Waals surface area contributed by atoms with Gasteiger partial charge in [-0.1, -0.05) is 29.3 Å². The molecule has 0 radical (unpaired) electrons. The number of anilines is 2.